The van der Waals surface area contributed by atoms with Crippen LogP contribution in [0.3, 0.4) is 0 Å². The summed E-state index contributed by atoms with van der Waals surface area (Å²) >= 11 is 6.02. The molecule has 0 spiro atoms. The lowest BCUT2D eigenvalue weighted by Gasteiger charge is -2.22. The van der Waals surface area contributed by atoms with Crippen LogP contribution >= 0.6 is 11.6 Å². The fraction of sp³-hybridized carbons (Fsp3) is 0.429. The number of nitrogens with zero attached hydrogens (tertiary/aromatic N) is 2. The smallest absolute Gasteiger partial charge is 0.358 e. The first kappa shape index (κ1) is 20.6. The zero-order chi connectivity index (χ0) is 20.3. The quantitative estimate of drug-likeness (QED) is 0.733. The van der Waals surface area contributed by atoms with E-state index in [4.69, 9.17) is 31.8 Å². The second-order valence-electron chi connectivity index (χ2n) is 6.94. The van der Waals surface area contributed by atoms with Gasteiger partial charge in [0.1, 0.15) is 5.82 Å². The van der Waals surface area contributed by atoms with Crippen molar-refractivity contribution < 1.29 is 14.3 Å². The summed E-state index contributed by atoms with van der Waals surface area (Å²) < 4.78 is 12.7. The van der Waals surface area contributed by atoms with Crippen LogP contribution in [0.15, 0.2) is 30.3 Å². The lowest BCUT2D eigenvalue weighted by Crippen LogP contribution is -2.22. The summed E-state index contributed by atoms with van der Waals surface area (Å²) in [6.45, 7) is 7.32. The maximum atomic E-state index is 12.7. The minimum absolute atomic E-state index is 0.0581. The SMILES string of the molecule is CCOC(=O)c1nc(C2=CCOCC2)n(C(C)C)c1C(N)c1ccc(Cl)cc1. The molecule has 2 heterocycles. The van der Waals surface area contributed by atoms with Crippen molar-refractivity contribution in [2.24, 2.45) is 5.73 Å². The normalized spacial score (nSPS) is 15.4. The van der Waals surface area contributed by atoms with Crippen LogP contribution in [0.1, 0.15) is 66.8 Å². The fourth-order valence-corrected chi connectivity index (χ4v) is 3.53. The summed E-state index contributed by atoms with van der Waals surface area (Å²) in [5, 5.41) is 0.631. The summed E-state index contributed by atoms with van der Waals surface area (Å²) in [5.41, 5.74) is 9.45. The van der Waals surface area contributed by atoms with E-state index in [9.17, 15) is 4.79 Å². The molecule has 2 N–H and O–H groups in total. The van der Waals surface area contributed by atoms with Gasteiger partial charge in [-0.3, -0.25) is 0 Å². The Morgan fingerprint density at radius 2 is 2.07 bits per heavy atom. The predicted octanol–water partition coefficient (Wildman–Crippen LogP) is 4.15. The van der Waals surface area contributed by atoms with Gasteiger partial charge in [0.15, 0.2) is 5.69 Å². The van der Waals surface area contributed by atoms with E-state index in [1.165, 1.54) is 0 Å². The van der Waals surface area contributed by atoms with Crippen LogP contribution in [0.2, 0.25) is 5.02 Å². The molecule has 6 nitrogen and oxygen atoms in total. The number of esters is 1. The van der Waals surface area contributed by atoms with Crippen LogP contribution in [0, 0.1) is 0 Å². The zero-order valence-corrected chi connectivity index (χ0v) is 17.2. The van der Waals surface area contributed by atoms with Crippen molar-refractivity contribution in [1.29, 1.82) is 0 Å². The Morgan fingerprint density at radius 1 is 1.36 bits per heavy atom. The van der Waals surface area contributed by atoms with Gasteiger partial charge >= 0.3 is 5.97 Å². The Hall–Kier alpha value is -2.15. The van der Waals surface area contributed by atoms with Gasteiger partial charge < -0.3 is 19.8 Å². The molecule has 2 aromatic rings. The minimum atomic E-state index is -0.541. The van der Waals surface area contributed by atoms with Gasteiger partial charge in [0.2, 0.25) is 0 Å². The summed E-state index contributed by atoms with van der Waals surface area (Å²) in [4.78, 5) is 17.4. The molecule has 1 aromatic carbocycles. The Labute approximate surface area is 170 Å². The van der Waals surface area contributed by atoms with Crippen molar-refractivity contribution in [2.45, 2.75) is 39.3 Å². The van der Waals surface area contributed by atoms with E-state index in [2.05, 4.69) is 13.8 Å². The van der Waals surface area contributed by atoms with Gasteiger partial charge in [-0.1, -0.05) is 29.8 Å². The van der Waals surface area contributed by atoms with Gasteiger partial charge in [-0.2, -0.15) is 0 Å². The second-order valence-corrected chi connectivity index (χ2v) is 7.37. The van der Waals surface area contributed by atoms with Crippen molar-refractivity contribution in [3.8, 4) is 0 Å². The summed E-state index contributed by atoms with van der Waals surface area (Å²) in [7, 11) is 0. The topological polar surface area (TPSA) is 79.4 Å². The summed E-state index contributed by atoms with van der Waals surface area (Å²) in [5.74, 6) is 0.288. The number of ether oxygens (including phenoxy) is 2. The van der Waals surface area contributed by atoms with Gasteiger partial charge in [-0.25, -0.2) is 9.78 Å². The first-order valence-electron chi connectivity index (χ1n) is 9.51. The Morgan fingerprint density at radius 3 is 2.64 bits per heavy atom. The molecule has 3 rings (SSSR count). The van der Waals surface area contributed by atoms with Gasteiger partial charge in [0, 0.05) is 11.1 Å². The van der Waals surface area contributed by atoms with Gasteiger partial charge in [-0.05, 0) is 50.5 Å². The number of halogens is 1. The highest BCUT2D eigenvalue weighted by Crippen LogP contribution is 2.32. The number of carbonyl (C=O) groups is 1. The van der Waals surface area contributed by atoms with Crippen LogP contribution in [-0.2, 0) is 9.47 Å². The molecule has 0 saturated carbocycles. The van der Waals surface area contributed by atoms with E-state index in [0.717, 1.165) is 23.4 Å². The van der Waals surface area contributed by atoms with Gasteiger partial charge in [0.25, 0.3) is 0 Å². The molecule has 1 aromatic heterocycles. The Kier molecular flexibility index (Phi) is 6.54. The molecule has 1 unspecified atom stereocenters. The van der Waals surface area contributed by atoms with E-state index >= 15 is 0 Å². The average Bonchev–Trinajstić information content (AvgIpc) is 3.10. The predicted molar refractivity (Wildman–Crippen MR) is 109 cm³/mol. The van der Waals surface area contributed by atoms with Crippen molar-refractivity contribution in [2.75, 3.05) is 19.8 Å². The number of rotatable bonds is 6. The maximum absolute atomic E-state index is 12.7. The molecule has 7 heteroatoms. The van der Waals surface area contributed by atoms with Crippen molar-refractivity contribution in [3.05, 3.63) is 58.1 Å². The van der Waals surface area contributed by atoms with Crippen LogP contribution in [0.25, 0.3) is 5.57 Å². The minimum Gasteiger partial charge on any atom is -0.461 e. The van der Waals surface area contributed by atoms with Crippen LogP contribution in [-0.4, -0.2) is 35.3 Å². The third-order valence-corrected chi connectivity index (χ3v) is 4.96. The number of benzene rings is 1. The first-order chi connectivity index (χ1) is 13.4. The molecule has 0 amide bonds. The molecule has 1 atom stereocenters. The molecule has 0 aliphatic carbocycles. The van der Waals surface area contributed by atoms with Gasteiger partial charge in [-0.15, -0.1) is 0 Å². The number of hydrogen-bond donors (Lipinski definition) is 1. The van der Waals surface area contributed by atoms with Crippen LogP contribution in [0.4, 0.5) is 0 Å². The fourth-order valence-electron chi connectivity index (χ4n) is 3.40. The third-order valence-electron chi connectivity index (χ3n) is 4.71. The van der Waals surface area contributed by atoms with Crippen LogP contribution < -0.4 is 5.73 Å². The zero-order valence-electron chi connectivity index (χ0n) is 16.4. The van der Waals surface area contributed by atoms with Crippen molar-refractivity contribution >= 4 is 23.1 Å². The molecule has 1 aliphatic rings. The second kappa shape index (κ2) is 8.90. The number of imidazole rings is 1. The van der Waals surface area contributed by atoms with E-state index < -0.39 is 12.0 Å². The molecular formula is C21H26ClN3O3. The van der Waals surface area contributed by atoms with Crippen molar-refractivity contribution in [1.82, 2.24) is 9.55 Å². The van der Waals surface area contributed by atoms with Crippen molar-refractivity contribution in [3.63, 3.8) is 0 Å². The molecule has 1 aliphatic heterocycles. The van der Waals surface area contributed by atoms with Crippen LogP contribution in [0.5, 0.6) is 0 Å². The molecule has 0 saturated heterocycles. The molecule has 150 valence electrons. The standard InChI is InChI=1S/C21H26ClN3O3/c1-4-28-21(26)18-19(17(23)14-5-7-16(22)8-6-14)25(13(2)3)20(24-18)15-9-11-27-12-10-15/h5-9,13,17H,4,10-12,23H2,1-3H3. The largest absolute Gasteiger partial charge is 0.461 e. The molecule has 0 fully saturated rings. The summed E-state index contributed by atoms with van der Waals surface area (Å²) in [6, 6.07) is 6.83. The first-order valence-corrected chi connectivity index (χ1v) is 9.89. The van der Waals surface area contributed by atoms with Gasteiger partial charge in [0.05, 0.1) is 31.6 Å². The highest BCUT2D eigenvalue weighted by atomic mass is 35.5. The number of hydrogen-bond acceptors (Lipinski definition) is 5. The Bertz CT molecular complexity index is 872. The molecule has 0 radical (unpaired) electrons. The monoisotopic (exact) mass is 403 g/mol. The number of aromatic nitrogens is 2. The highest BCUT2D eigenvalue weighted by molar-refractivity contribution is 6.30. The lowest BCUT2D eigenvalue weighted by molar-refractivity contribution is 0.0518. The molecule has 28 heavy (non-hydrogen) atoms. The maximum Gasteiger partial charge on any atom is 0.358 e. The van der Waals surface area contributed by atoms with E-state index in [1.807, 2.05) is 22.8 Å². The third kappa shape index (κ3) is 4.14. The number of carbonyl (C=O) groups excluding carboxylic acids is 1. The Balaban J connectivity index is 2.19. The van der Waals surface area contributed by atoms with E-state index in [1.54, 1.807) is 19.1 Å². The number of nitrogens with two attached hydrogens (primary N) is 1. The lowest BCUT2D eigenvalue weighted by atomic mass is 10.0. The molecule has 0 bridgehead atoms. The molecular weight excluding hydrogens is 378 g/mol. The highest BCUT2D eigenvalue weighted by Gasteiger charge is 2.30. The summed E-state index contributed by atoms with van der Waals surface area (Å²) in [6.07, 6.45) is 2.75. The van der Waals surface area contributed by atoms with E-state index in [-0.39, 0.29) is 18.3 Å². The average molecular weight is 404 g/mol. The van der Waals surface area contributed by atoms with E-state index in [0.29, 0.717) is 23.9 Å².